The van der Waals surface area contributed by atoms with Crippen molar-refractivity contribution in [1.82, 2.24) is 19.5 Å². The molecule has 0 radical (unpaired) electrons. The van der Waals surface area contributed by atoms with Crippen molar-refractivity contribution < 1.29 is 27.2 Å². The van der Waals surface area contributed by atoms with Crippen LogP contribution in [0.2, 0.25) is 0 Å². The Morgan fingerprint density at radius 3 is 2.64 bits per heavy atom. The summed E-state index contributed by atoms with van der Waals surface area (Å²) in [6.07, 6.45) is 0.405. The fraction of sp³-hybridized carbons (Fsp3) is 0.250. The molecule has 0 saturated carbocycles. The van der Waals surface area contributed by atoms with E-state index in [0.717, 1.165) is 5.56 Å². The van der Waals surface area contributed by atoms with Gasteiger partial charge < -0.3 is 15.2 Å². The average molecular weight is 510 g/mol. The van der Waals surface area contributed by atoms with Gasteiger partial charge in [0.15, 0.2) is 17.0 Å². The van der Waals surface area contributed by atoms with Gasteiger partial charge in [0.25, 0.3) is 16.0 Å². The van der Waals surface area contributed by atoms with Crippen LogP contribution in [0.1, 0.15) is 28.6 Å². The number of benzene rings is 2. The number of aliphatic hydroxyl groups excluding tert-OH is 1. The number of nitrogens with zero attached hydrogens (tertiary/aromatic N) is 4. The van der Waals surface area contributed by atoms with E-state index in [-0.39, 0.29) is 29.6 Å². The van der Waals surface area contributed by atoms with Gasteiger partial charge in [0.1, 0.15) is 18.7 Å². The van der Waals surface area contributed by atoms with Crippen molar-refractivity contribution in [3.8, 4) is 0 Å². The highest BCUT2D eigenvalue weighted by Gasteiger charge is 2.37. The Hall–Kier alpha value is -3.71. The number of rotatable bonds is 7. The molecule has 186 valence electrons. The highest BCUT2D eigenvalue weighted by Crippen LogP contribution is 2.32. The number of nitrogens with one attached hydrogen (secondary N) is 1. The number of aliphatic hydroxyl groups is 1. The van der Waals surface area contributed by atoms with Crippen LogP contribution in [0.4, 0.5) is 5.82 Å². The van der Waals surface area contributed by atoms with E-state index in [1.807, 2.05) is 13.0 Å². The predicted molar refractivity (Wildman–Crippen MR) is 129 cm³/mol. The van der Waals surface area contributed by atoms with E-state index in [0.29, 0.717) is 16.7 Å². The monoisotopic (exact) mass is 509 g/mol. The third-order valence-corrected chi connectivity index (χ3v) is 7.13. The first-order valence-corrected chi connectivity index (χ1v) is 12.6. The number of amides is 1. The van der Waals surface area contributed by atoms with E-state index in [4.69, 9.17) is 8.92 Å². The van der Waals surface area contributed by atoms with Crippen LogP contribution in [-0.4, -0.2) is 57.8 Å². The van der Waals surface area contributed by atoms with E-state index >= 15 is 0 Å². The highest BCUT2D eigenvalue weighted by atomic mass is 32.2. The van der Waals surface area contributed by atoms with Crippen LogP contribution in [0.15, 0.2) is 72.1 Å². The van der Waals surface area contributed by atoms with Crippen LogP contribution < -0.4 is 5.32 Å². The summed E-state index contributed by atoms with van der Waals surface area (Å²) in [4.78, 5) is 25.3. The summed E-state index contributed by atoms with van der Waals surface area (Å²) in [6, 6.07) is 15.0. The van der Waals surface area contributed by atoms with Crippen LogP contribution in [0.25, 0.3) is 11.2 Å². The summed E-state index contributed by atoms with van der Waals surface area (Å²) < 4.78 is 37.7. The van der Waals surface area contributed by atoms with E-state index in [2.05, 4.69) is 20.3 Å². The minimum Gasteiger partial charge on any atom is -0.390 e. The molecule has 36 heavy (non-hydrogen) atoms. The third-order valence-electron chi connectivity index (χ3n) is 5.84. The van der Waals surface area contributed by atoms with Gasteiger partial charge in [-0.3, -0.25) is 13.5 Å². The second-order valence-corrected chi connectivity index (χ2v) is 9.97. The number of carbonyl (C=O) groups excluding carboxylic acids is 1. The molecular formula is C24H23N5O6S. The summed E-state index contributed by atoms with van der Waals surface area (Å²) in [5.74, 6) is -0.111. The Labute approximate surface area is 206 Å². The normalized spacial score (nSPS) is 20.0. The van der Waals surface area contributed by atoms with Crippen molar-refractivity contribution in [1.29, 1.82) is 0 Å². The maximum atomic E-state index is 12.6. The molecule has 0 spiro atoms. The molecule has 0 bridgehead atoms. The molecule has 3 unspecified atom stereocenters. The lowest BCUT2D eigenvalue weighted by Gasteiger charge is -2.16. The van der Waals surface area contributed by atoms with Crippen molar-refractivity contribution in [3.63, 3.8) is 0 Å². The second kappa shape index (κ2) is 9.74. The Morgan fingerprint density at radius 1 is 1.14 bits per heavy atom. The van der Waals surface area contributed by atoms with Crippen LogP contribution in [0, 0.1) is 6.92 Å². The van der Waals surface area contributed by atoms with Gasteiger partial charge in [0, 0.05) is 12.0 Å². The molecule has 2 N–H and O–H groups in total. The third kappa shape index (κ3) is 4.84. The van der Waals surface area contributed by atoms with E-state index in [1.165, 1.54) is 24.8 Å². The molecule has 1 amide bonds. The summed E-state index contributed by atoms with van der Waals surface area (Å²) in [6.45, 7) is 1.50. The molecule has 1 saturated heterocycles. The number of anilines is 1. The minimum absolute atomic E-state index is 0.0273. The molecule has 11 nitrogen and oxygen atoms in total. The first-order valence-electron chi connectivity index (χ1n) is 11.2. The Morgan fingerprint density at radius 2 is 1.89 bits per heavy atom. The number of fused-ring (bicyclic) bond motifs is 1. The zero-order valence-electron chi connectivity index (χ0n) is 19.2. The van der Waals surface area contributed by atoms with Crippen molar-refractivity contribution in [2.75, 3.05) is 11.9 Å². The van der Waals surface area contributed by atoms with Gasteiger partial charge in [-0.15, -0.1) is 0 Å². The molecule has 3 atom stereocenters. The standard InChI is InChI=1S/C24H23N5O6S/c1-15-7-9-17(10-8-15)36(32,33)34-12-19-18(30)11-20(35-19)29-14-27-21-22(25-13-26-23(21)29)28-24(31)16-5-3-2-4-6-16/h2-10,13-14,18-20,30H,11-12H2,1H3,(H,25,26,28,31). The quantitative estimate of drug-likeness (QED) is 0.359. The number of aromatic nitrogens is 4. The average Bonchev–Trinajstić information content (AvgIpc) is 3.47. The van der Waals surface area contributed by atoms with Gasteiger partial charge in [-0.2, -0.15) is 8.42 Å². The number of ether oxygens (including phenoxy) is 1. The number of hydrogen-bond acceptors (Lipinski definition) is 9. The fourth-order valence-corrected chi connectivity index (χ4v) is 4.81. The maximum absolute atomic E-state index is 12.6. The smallest absolute Gasteiger partial charge is 0.297 e. The summed E-state index contributed by atoms with van der Waals surface area (Å²) >= 11 is 0. The lowest BCUT2D eigenvalue weighted by molar-refractivity contribution is -0.0371. The van der Waals surface area contributed by atoms with Gasteiger partial charge in [-0.25, -0.2) is 15.0 Å². The van der Waals surface area contributed by atoms with Crippen LogP contribution in [0.3, 0.4) is 0 Å². The molecule has 5 rings (SSSR count). The van der Waals surface area contributed by atoms with Gasteiger partial charge in [-0.05, 0) is 31.2 Å². The topological polar surface area (TPSA) is 146 Å². The SMILES string of the molecule is Cc1ccc(S(=O)(=O)OCC2OC(n3cnc4c(NC(=O)c5ccccc5)ncnc43)CC2O)cc1. The van der Waals surface area contributed by atoms with E-state index < -0.39 is 28.6 Å². The molecule has 12 heteroatoms. The largest absolute Gasteiger partial charge is 0.390 e. The van der Waals surface area contributed by atoms with Crippen LogP contribution >= 0.6 is 0 Å². The number of imidazole rings is 1. The van der Waals surface area contributed by atoms with Gasteiger partial charge in [0.2, 0.25) is 0 Å². The molecule has 3 heterocycles. The summed E-state index contributed by atoms with van der Waals surface area (Å²) in [7, 11) is -4.01. The zero-order valence-corrected chi connectivity index (χ0v) is 20.0. The Kier molecular flexibility index (Phi) is 6.49. The Balaban J connectivity index is 1.29. The molecule has 1 aliphatic heterocycles. The molecule has 2 aromatic carbocycles. The molecule has 4 aromatic rings. The lowest BCUT2D eigenvalue weighted by Crippen LogP contribution is -2.28. The van der Waals surface area contributed by atoms with Crippen LogP contribution in [0.5, 0.6) is 0 Å². The van der Waals surface area contributed by atoms with Crippen molar-refractivity contribution in [2.24, 2.45) is 0 Å². The summed E-state index contributed by atoms with van der Waals surface area (Å²) in [5.41, 5.74) is 2.13. The molecular weight excluding hydrogens is 486 g/mol. The fourth-order valence-electron chi connectivity index (χ4n) is 3.89. The van der Waals surface area contributed by atoms with Gasteiger partial charge in [0.05, 0.1) is 23.9 Å². The van der Waals surface area contributed by atoms with Gasteiger partial charge in [-0.1, -0.05) is 35.9 Å². The molecule has 1 fully saturated rings. The van der Waals surface area contributed by atoms with Crippen molar-refractivity contribution in [3.05, 3.63) is 78.4 Å². The van der Waals surface area contributed by atoms with Crippen LogP contribution in [-0.2, 0) is 19.0 Å². The van der Waals surface area contributed by atoms with E-state index in [1.54, 1.807) is 41.0 Å². The lowest BCUT2D eigenvalue weighted by atomic mass is 10.2. The Bertz CT molecular complexity index is 1490. The summed E-state index contributed by atoms with van der Waals surface area (Å²) in [5, 5.41) is 13.2. The van der Waals surface area contributed by atoms with Crippen molar-refractivity contribution in [2.45, 2.75) is 36.7 Å². The first kappa shape index (κ1) is 24.0. The maximum Gasteiger partial charge on any atom is 0.297 e. The zero-order chi connectivity index (χ0) is 25.3. The molecule has 2 aromatic heterocycles. The minimum atomic E-state index is -4.01. The predicted octanol–water partition coefficient (Wildman–Crippen LogP) is 2.44. The number of carbonyl (C=O) groups is 1. The van der Waals surface area contributed by atoms with Crippen molar-refractivity contribution >= 4 is 33.0 Å². The number of aryl methyl sites for hydroxylation is 1. The first-order chi connectivity index (χ1) is 17.3. The number of hydrogen-bond donors (Lipinski definition) is 2. The second-order valence-electron chi connectivity index (χ2n) is 8.35. The molecule has 0 aliphatic carbocycles. The van der Waals surface area contributed by atoms with Gasteiger partial charge >= 0.3 is 0 Å². The molecule has 1 aliphatic rings. The van der Waals surface area contributed by atoms with E-state index in [9.17, 15) is 18.3 Å². The highest BCUT2D eigenvalue weighted by molar-refractivity contribution is 7.86.